The SMILES string of the molecule is c1ccc(C2=C3c4ccccc4-c4cc(-n5c6ccccc6c6ccc(-c7ccc8c9ccccc9c9c%10ccccc%10c%10ccccc%10c9c8c7)cc65)ccc4C23)cc1. The van der Waals surface area contributed by atoms with Crippen molar-refractivity contribution >= 4 is 86.8 Å². The van der Waals surface area contributed by atoms with Gasteiger partial charge in [0.2, 0.25) is 0 Å². The van der Waals surface area contributed by atoms with E-state index in [0.29, 0.717) is 5.92 Å². The van der Waals surface area contributed by atoms with Crippen LogP contribution in [0.25, 0.3) is 115 Å². The van der Waals surface area contributed by atoms with Crippen LogP contribution >= 0.6 is 0 Å². The lowest BCUT2D eigenvalue weighted by Crippen LogP contribution is -2.02. The van der Waals surface area contributed by atoms with Crippen molar-refractivity contribution in [3.63, 3.8) is 0 Å². The second-order valence-corrected chi connectivity index (χ2v) is 16.7. The van der Waals surface area contributed by atoms with Gasteiger partial charge < -0.3 is 4.57 Å². The van der Waals surface area contributed by atoms with Crippen molar-refractivity contribution in [1.29, 1.82) is 0 Å². The number of benzene rings is 11. The summed E-state index contributed by atoms with van der Waals surface area (Å²) in [6, 6.07) is 77.2. The van der Waals surface area contributed by atoms with Crippen LogP contribution in [0.5, 0.6) is 0 Å². The summed E-state index contributed by atoms with van der Waals surface area (Å²) in [6.07, 6.45) is 0. The predicted octanol–water partition coefficient (Wildman–Crippen LogP) is 15.9. The van der Waals surface area contributed by atoms with Gasteiger partial charge in [0.05, 0.1) is 11.0 Å². The molecule has 0 saturated carbocycles. The smallest absolute Gasteiger partial charge is 0.0547 e. The van der Waals surface area contributed by atoms with Crippen LogP contribution < -0.4 is 0 Å². The molecule has 11 aromatic carbocycles. The fraction of sp³-hybridized carbons (Fsp3) is 0.0169. The molecule has 1 heteroatoms. The lowest BCUT2D eigenvalue weighted by Gasteiger charge is -2.21. The normalized spacial score (nSPS) is 14.4. The highest BCUT2D eigenvalue weighted by atomic mass is 15.0. The third-order valence-electron chi connectivity index (χ3n) is 13.7. The number of rotatable bonds is 3. The molecule has 2 aliphatic carbocycles. The average Bonchev–Trinajstić information content (AvgIpc) is 4.00. The standard InChI is InChI=1S/C59H35N/c1-2-14-35(15-3-1)55-58-49-24-11-7-19-42(49)51-34-38(28-31-50(51)59(55)58)60-53-25-13-12-20-44(53)45-30-27-37(33-54(45)60)36-26-29-43-41-18-6-9-22-47(41)56-46-21-8-4-16-39(46)40-17-5-10-23-48(40)57(56)52(43)32-36/h1-34,59H. The summed E-state index contributed by atoms with van der Waals surface area (Å²) >= 11 is 0. The fourth-order valence-electron chi connectivity index (χ4n) is 11.1. The summed E-state index contributed by atoms with van der Waals surface area (Å²) in [5, 5.41) is 15.6. The first kappa shape index (κ1) is 32.2. The molecule has 60 heavy (non-hydrogen) atoms. The Morgan fingerprint density at radius 3 is 1.50 bits per heavy atom. The van der Waals surface area contributed by atoms with Crippen molar-refractivity contribution in [3.05, 3.63) is 223 Å². The maximum absolute atomic E-state index is 2.49. The van der Waals surface area contributed by atoms with Gasteiger partial charge in [-0.05, 0) is 134 Å². The lowest BCUT2D eigenvalue weighted by atomic mass is 9.84. The molecule has 1 aromatic heterocycles. The highest BCUT2D eigenvalue weighted by Crippen LogP contribution is 2.65. The molecule has 1 nitrogen and oxygen atoms in total. The van der Waals surface area contributed by atoms with Crippen LogP contribution in [0.2, 0.25) is 0 Å². The molecular formula is C59H35N. The van der Waals surface area contributed by atoms with E-state index in [4.69, 9.17) is 0 Å². The summed E-state index contributed by atoms with van der Waals surface area (Å²) in [4.78, 5) is 0. The van der Waals surface area contributed by atoms with Gasteiger partial charge in [-0.3, -0.25) is 0 Å². The van der Waals surface area contributed by atoms with E-state index >= 15 is 0 Å². The highest BCUT2D eigenvalue weighted by molar-refractivity contribution is 6.39. The summed E-state index contributed by atoms with van der Waals surface area (Å²) in [7, 11) is 0. The number of para-hydroxylation sites is 1. The quantitative estimate of drug-likeness (QED) is 0.158. The molecule has 0 fully saturated rings. The molecule has 0 radical (unpaired) electrons. The van der Waals surface area contributed by atoms with Gasteiger partial charge >= 0.3 is 0 Å². The van der Waals surface area contributed by atoms with Gasteiger partial charge in [0.15, 0.2) is 0 Å². The van der Waals surface area contributed by atoms with E-state index in [0.717, 1.165) is 0 Å². The number of hydrogen-bond donors (Lipinski definition) is 0. The monoisotopic (exact) mass is 757 g/mol. The summed E-state index contributed by atoms with van der Waals surface area (Å²) in [5.41, 5.74) is 15.8. The lowest BCUT2D eigenvalue weighted by molar-refractivity contribution is 1.15. The van der Waals surface area contributed by atoms with Crippen LogP contribution in [0.4, 0.5) is 0 Å². The zero-order valence-corrected chi connectivity index (χ0v) is 32.7. The van der Waals surface area contributed by atoms with Gasteiger partial charge in [-0.2, -0.15) is 0 Å². The van der Waals surface area contributed by atoms with E-state index in [9.17, 15) is 0 Å². The Labute approximate surface area is 346 Å². The maximum Gasteiger partial charge on any atom is 0.0547 e. The zero-order chi connectivity index (χ0) is 39.1. The van der Waals surface area contributed by atoms with E-state index in [2.05, 4.69) is 211 Å². The zero-order valence-electron chi connectivity index (χ0n) is 32.7. The number of aromatic nitrogens is 1. The van der Waals surface area contributed by atoms with Crippen molar-refractivity contribution < 1.29 is 0 Å². The molecule has 276 valence electrons. The van der Waals surface area contributed by atoms with Crippen molar-refractivity contribution in [2.75, 3.05) is 0 Å². The van der Waals surface area contributed by atoms with Crippen LogP contribution in [0.3, 0.4) is 0 Å². The third kappa shape index (κ3) is 4.31. The molecule has 14 rings (SSSR count). The molecule has 0 aliphatic heterocycles. The Balaban J connectivity index is 0.999. The van der Waals surface area contributed by atoms with E-state index < -0.39 is 0 Å². The number of nitrogens with zero attached hydrogens (tertiary/aromatic N) is 1. The van der Waals surface area contributed by atoms with Crippen molar-refractivity contribution in [3.8, 4) is 27.9 Å². The van der Waals surface area contributed by atoms with Crippen LogP contribution in [0, 0.1) is 0 Å². The number of allylic oxidation sites excluding steroid dienone is 2. The largest absolute Gasteiger partial charge is 0.309 e. The minimum Gasteiger partial charge on any atom is -0.309 e. The summed E-state index contributed by atoms with van der Waals surface area (Å²) in [5.74, 6) is 0.340. The first-order valence-electron chi connectivity index (χ1n) is 21.0. The average molecular weight is 758 g/mol. The van der Waals surface area contributed by atoms with Crippen molar-refractivity contribution in [1.82, 2.24) is 4.57 Å². The van der Waals surface area contributed by atoms with Gasteiger partial charge in [0.1, 0.15) is 0 Å². The third-order valence-corrected chi connectivity index (χ3v) is 13.7. The van der Waals surface area contributed by atoms with Crippen LogP contribution in [-0.4, -0.2) is 4.57 Å². The molecular weight excluding hydrogens is 723 g/mol. The highest BCUT2D eigenvalue weighted by Gasteiger charge is 2.44. The summed E-state index contributed by atoms with van der Waals surface area (Å²) < 4.78 is 2.49. The molecule has 1 heterocycles. The molecule has 0 N–H and O–H groups in total. The predicted molar refractivity (Wildman–Crippen MR) is 255 cm³/mol. The van der Waals surface area contributed by atoms with Crippen LogP contribution in [0.15, 0.2) is 206 Å². The van der Waals surface area contributed by atoms with Crippen LogP contribution in [0.1, 0.15) is 22.6 Å². The van der Waals surface area contributed by atoms with E-state index in [1.165, 1.54) is 131 Å². The van der Waals surface area contributed by atoms with Gasteiger partial charge in [-0.25, -0.2) is 0 Å². The Morgan fingerprint density at radius 2 is 0.800 bits per heavy atom. The second-order valence-electron chi connectivity index (χ2n) is 16.7. The molecule has 1 unspecified atom stereocenters. The topological polar surface area (TPSA) is 4.93 Å². The maximum atomic E-state index is 2.49. The van der Waals surface area contributed by atoms with E-state index in [-0.39, 0.29) is 0 Å². The minimum atomic E-state index is 0.340. The Bertz CT molecular complexity index is 3860. The Hall–Kier alpha value is -7.74. The first-order valence-corrected chi connectivity index (χ1v) is 21.0. The van der Waals surface area contributed by atoms with Crippen molar-refractivity contribution in [2.24, 2.45) is 0 Å². The molecule has 0 bridgehead atoms. The van der Waals surface area contributed by atoms with Gasteiger partial charge in [-0.1, -0.05) is 176 Å². The molecule has 0 spiro atoms. The molecule has 0 amide bonds. The van der Waals surface area contributed by atoms with E-state index in [1.807, 2.05) is 0 Å². The van der Waals surface area contributed by atoms with Gasteiger partial charge in [0.25, 0.3) is 0 Å². The fourth-order valence-corrected chi connectivity index (χ4v) is 11.1. The van der Waals surface area contributed by atoms with E-state index in [1.54, 1.807) is 0 Å². The molecule has 1 atom stereocenters. The minimum absolute atomic E-state index is 0.340. The van der Waals surface area contributed by atoms with Gasteiger partial charge in [-0.15, -0.1) is 0 Å². The molecule has 12 aromatic rings. The number of fused-ring (bicyclic) bond motifs is 20. The van der Waals surface area contributed by atoms with Crippen LogP contribution in [-0.2, 0) is 0 Å². The summed E-state index contributed by atoms with van der Waals surface area (Å²) in [6.45, 7) is 0. The second kappa shape index (κ2) is 11.9. The molecule has 0 saturated heterocycles. The Morgan fingerprint density at radius 1 is 0.283 bits per heavy atom. The number of hydrogen-bond acceptors (Lipinski definition) is 0. The molecule has 2 aliphatic rings. The first-order chi connectivity index (χ1) is 29.8. The van der Waals surface area contributed by atoms with Gasteiger partial charge in [0, 0.05) is 22.4 Å². The van der Waals surface area contributed by atoms with Crippen molar-refractivity contribution in [2.45, 2.75) is 5.92 Å². The Kier molecular flexibility index (Phi) is 6.40.